The number of pyridine rings is 1. The molecule has 0 saturated heterocycles. The van der Waals surface area contributed by atoms with E-state index in [-0.39, 0.29) is 0 Å². The zero-order chi connectivity index (χ0) is 12.9. The van der Waals surface area contributed by atoms with Gasteiger partial charge in [-0.2, -0.15) is 0 Å². The third-order valence-electron chi connectivity index (χ3n) is 3.28. The van der Waals surface area contributed by atoms with E-state index in [9.17, 15) is 0 Å². The van der Waals surface area contributed by atoms with Crippen LogP contribution in [0.15, 0.2) is 12.1 Å². The topological polar surface area (TPSA) is 38.9 Å². The van der Waals surface area contributed by atoms with Gasteiger partial charge in [0.05, 0.1) is 10.5 Å². The summed E-state index contributed by atoms with van der Waals surface area (Å²) in [6.45, 7) is 0. The highest BCUT2D eigenvalue weighted by Gasteiger charge is 2.22. The number of nitrogens with two attached hydrogens (primary N) is 1. The van der Waals surface area contributed by atoms with Gasteiger partial charge in [-0.1, -0.05) is 35.4 Å². The zero-order valence-corrected chi connectivity index (χ0v) is 11.8. The van der Waals surface area contributed by atoms with E-state index >= 15 is 0 Å². The zero-order valence-electron chi connectivity index (χ0n) is 9.46. The first-order valence-corrected chi connectivity index (χ1v) is 6.84. The van der Waals surface area contributed by atoms with Gasteiger partial charge in [-0.05, 0) is 37.0 Å². The Morgan fingerprint density at radius 2 is 2.06 bits per heavy atom. The molecule has 3 rings (SSSR count). The Balaban J connectivity index is 2.50. The molecule has 1 aliphatic rings. The first kappa shape index (κ1) is 12.2. The Kier molecular flexibility index (Phi) is 2.93. The van der Waals surface area contributed by atoms with E-state index in [4.69, 9.17) is 41.2 Å². The van der Waals surface area contributed by atoms with Crippen LogP contribution in [-0.2, 0) is 12.8 Å². The van der Waals surface area contributed by atoms with E-state index in [0.29, 0.717) is 15.0 Å². The third-order valence-corrected chi connectivity index (χ3v) is 3.99. The third kappa shape index (κ3) is 1.78. The van der Waals surface area contributed by atoms with Crippen molar-refractivity contribution in [1.29, 1.82) is 0 Å². The van der Waals surface area contributed by atoms with Crippen molar-refractivity contribution in [1.82, 2.24) is 4.98 Å². The molecule has 0 saturated carbocycles. The molecule has 0 amide bonds. The quantitative estimate of drug-likeness (QED) is 0.816. The lowest BCUT2D eigenvalue weighted by atomic mass is 10.0. The van der Waals surface area contributed by atoms with Gasteiger partial charge in [0.15, 0.2) is 0 Å². The largest absolute Gasteiger partial charge is 0.389 e. The molecule has 0 fully saturated rings. The van der Waals surface area contributed by atoms with Crippen LogP contribution >= 0.6 is 35.4 Å². The van der Waals surface area contributed by atoms with Crippen molar-refractivity contribution >= 4 is 51.3 Å². The molecule has 2 nitrogen and oxygen atoms in total. The maximum Gasteiger partial charge on any atom is 0.105 e. The average Bonchev–Trinajstić information content (AvgIpc) is 2.73. The van der Waals surface area contributed by atoms with Crippen LogP contribution < -0.4 is 5.73 Å². The summed E-state index contributed by atoms with van der Waals surface area (Å²) >= 11 is 17.4. The van der Waals surface area contributed by atoms with Crippen molar-refractivity contribution < 1.29 is 0 Å². The molecule has 1 aromatic carbocycles. The minimum atomic E-state index is 0.388. The molecule has 5 heteroatoms. The molecule has 1 aromatic heterocycles. The lowest BCUT2D eigenvalue weighted by Crippen LogP contribution is -2.14. The molecule has 0 spiro atoms. The molecule has 0 bridgehead atoms. The van der Waals surface area contributed by atoms with Gasteiger partial charge in [0.2, 0.25) is 0 Å². The van der Waals surface area contributed by atoms with Crippen molar-refractivity contribution in [3.63, 3.8) is 0 Å². The molecule has 2 aromatic rings. The van der Waals surface area contributed by atoms with Gasteiger partial charge in [-0.25, -0.2) is 0 Å². The van der Waals surface area contributed by atoms with Crippen LogP contribution in [-0.4, -0.2) is 9.97 Å². The number of rotatable bonds is 1. The highest BCUT2D eigenvalue weighted by atomic mass is 35.5. The van der Waals surface area contributed by atoms with E-state index in [1.807, 2.05) is 6.07 Å². The van der Waals surface area contributed by atoms with Gasteiger partial charge in [0.1, 0.15) is 4.99 Å². The van der Waals surface area contributed by atoms with E-state index < -0.39 is 0 Å². The standard InChI is InChI=1S/C13H10Cl2N2S/c14-6-4-8-11(13(16)18)7-2-1-3-10(7)17-12(8)9(15)5-6/h4-5H,1-3H2,(H2,16,18). The molecular formula is C13H10Cl2N2S. The monoisotopic (exact) mass is 296 g/mol. The van der Waals surface area contributed by atoms with Crippen molar-refractivity contribution in [3.05, 3.63) is 39.0 Å². The van der Waals surface area contributed by atoms with Crippen LogP contribution in [0, 0.1) is 0 Å². The summed E-state index contributed by atoms with van der Waals surface area (Å²) in [4.78, 5) is 5.02. The average molecular weight is 297 g/mol. The van der Waals surface area contributed by atoms with Gasteiger partial charge < -0.3 is 5.73 Å². The van der Waals surface area contributed by atoms with Gasteiger partial charge >= 0.3 is 0 Å². The van der Waals surface area contributed by atoms with Crippen molar-refractivity contribution in [3.8, 4) is 0 Å². The summed E-state index contributed by atoms with van der Waals surface area (Å²) < 4.78 is 0. The van der Waals surface area contributed by atoms with Crippen LogP contribution in [0.2, 0.25) is 10.0 Å². The van der Waals surface area contributed by atoms with Crippen LogP contribution in [0.1, 0.15) is 23.2 Å². The fourth-order valence-corrected chi connectivity index (χ4v) is 3.34. The number of hydrogen-bond acceptors (Lipinski definition) is 2. The maximum absolute atomic E-state index is 6.21. The number of halogens is 2. The minimum absolute atomic E-state index is 0.388. The predicted molar refractivity (Wildman–Crippen MR) is 79.7 cm³/mol. The molecule has 2 N–H and O–H groups in total. The van der Waals surface area contributed by atoms with Gasteiger partial charge in [0, 0.05) is 21.7 Å². The van der Waals surface area contributed by atoms with Crippen molar-refractivity contribution in [2.24, 2.45) is 5.73 Å². The van der Waals surface area contributed by atoms with Crippen molar-refractivity contribution in [2.75, 3.05) is 0 Å². The lowest BCUT2D eigenvalue weighted by molar-refractivity contribution is 0.901. The molecule has 0 unspecified atom stereocenters. The smallest absolute Gasteiger partial charge is 0.105 e. The predicted octanol–water partition coefficient (Wildman–Crippen LogP) is 3.66. The van der Waals surface area contributed by atoms with E-state index in [1.165, 1.54) is 0 Å². The molecule has 1 aliphatic carbocycles. The molecule has 1 heterocycles. The summed E-state index contributed by atoms with van der Waals surface area (Å²) in [6.07, 6.45) is 3.01. The van der Waals surface area contributed by atoms with Crippen LogP contribution in [0.4, 0.5) is 0 Å². The summed E-state index contributed by atoms with van der Waals surface area (Å²) in [5.74, 6) is 0. The first-order chi connectivity index (χ1) is 8.58. The fraction of sp³-hybridized carbons (Fsp3) is 0.231. The lowest BCUT2D eigenvalue weighted by Gasteiger charge is -2.12. The molecular weight excluding hydrogens is 287 g/mol. The Morgan fingerprint density at radius 3 is 2.78 bits per heavy atom. The van der Waals surface area contributed by atoms with Crippen molar-refractivity contribution in [2.45, 2.75) is 19.3 Å². The minimum Gasteiger partial charge on any atom is -0.389 e. The number of aromatic nitrogens is 1. The van der Waals surface area contributed by atoms with Gasteiger partial charge in [0.25, 0.3) is 0 Å². The second-order valence-electron chi connectivity index (χ2n) is 4.41. The molecule has 18 heavy (non-hydrogen) atoms. The fourth-order valence-electron chi connectivity index (χ4n) is 2.57. The second kappa shape index (κ2) is 4.34. The van der Waals surface area contributed by atoms with E-state index in [2.05, 4.69) is 4.98 Å². The second-order valence-corrected chi connectivity index (χ2v) is 5.70. The highest BCUT2D eigenvalue weighted by Crippen LogP contribution is 2.34. The summed E-state index contributed by atoms with van der Waals surface area (Å²) in [5, 5.41) is 1.98. The molecule has 0 aliphatic heterocycles. The first-order valence-electron chi connectivity index (χ1n) is 5.68. The van der Waals surface area contributed by atoms with E-state index in [0.717, 1.165) is 47.0 Å². The number of nitrogens with zero attached hydrogens (tertiary/aromatic N) is 1. The van der Waals surface area contributed by atoms with Crippen LogP contribution in [0.5, 0.6) is 0 Å². The van der Waals surface area contributed by atoms with Gasteiger partial charge in [-0.15, -0.1) is 0 Å². The molecule has 92 valence electrons. The van der Waals surface area contributed by atoms with Gasteiger partial charge in [-0.3, -0.25) is 4.98 Å². The number of fused-ring (bicyclic) bond motifs is 2. The molecule has 0 atom stereocenters. The summed E-state index contributed by atoms with van der Waals surface area (Å²) in [7, 11) is 0. The summed E-state index contributed by atoms with van der Waals surface area (Å²) in [6, 6.07) is 3.53. The molecule has 0 radical (unpaired) electrons. The SMILES string of the molecule is NC(=S)c1c2c(nc3c(Cl)cc(Cl)cc13)CCC2. The Hall–Kier alpha value is -0.900. The normalized spacial score (nSPS) is 13.9. The number of hydrogen-bond donors (Lipinski definition) is 1. The van der Waals surface area contributed by atoms with E-state index in [1.54, 1.807) is 6.07 Å². The number of thiocarbonyl (C=S) groups is 1. The number of benzene rings is 1. The van der Waals surface area contributed by atoms with Crippen LogP contribution in [0.25, 0.3) is 10.9 Å². The Morgan fingerprint density at radius 1 is 1.28 bits per heavy atom. The summed E-state index contributed by atoms with van der Waals surface area (Å²) in [5.41, 5.74) is 9.73. The Labute approximate surface area is 120 Å². The number of aryl methyl sites for hydroxylation is 1. The van der Waals surface area contributed by atoms with Crippen LogP contribution in [0.3, 0.4) is 0 Å². The highest BCUT2D eigenvalue weighted by molar-refractivity contribution is 7.80. The maximum atomic E-state index is 6.21. The Bertz CT molecular complexity index is 682.